The van der Waals surface area contributed by atoms with Gasteiger partial charge in [0.1, 0.15) is 5.82 Å². The summed E-state index contributed by atoms with van der Waals surface area (Å²) in [5, 5.41) is 0. The van der Waals surface area contributed by atoms with Gasteiger partial charge in [-0.3, -0.25) is 4.79 Å². The summed E-state index contributed by atoms with van der Waals surface area (Å²) in [6, 6.07) is 3.54. The van der Waals surface area contributed by atoms with Crippen molar-refractivity contribution >= 4 is 21.9 Å². The van der Waals surface area contributed by atoms with Crippen molar-refractivity contribution in [1.29, 1.82) is 0 Å². The Kier molecular flexibility index (Phi) is 8.86. The zero-order valence-electron chi connectivity index (χ0n) is 11.8. The van der Waals surface area contributed by atoms with Crippen LogP contribution in [-0.4, -0.2) is 32.5 Å². The fourth-order valence-corrected chi connectivity index (χ4v) is 1.60. The molecule has 2 aromatic rings. The first-order valence-electron chi connectivity index (χ1n) is 6.56. The van der Waals surface area contributed by atoms with Gasteiger partial charge >= 0.3 is 5.97 Å². The van der Waals surface area contributed by atoms with Crippen LogP contribution >= 0.6 is 15.9 Å². The second-order valence-corrected chi connectivity index (χ2v) is 4.55. The topological polar surface area (TPSA) is 77.9 Å². The molecule has 0 aromatic carbocycles. The molecule has 0 aliphatic heterocycles. The van der Waals surface area contributed by atoms with Gasteiger partial charge in [0.2, 0.25) is 0 Å². The highest BCUT2D eigenvalue weighted by atomic mass is 79.9. The van der Waals surface area contributed by atoms with Crippen LogP contribution in [0.25, 0.3) is 0 Å². The minimum absolute atomic E-state index is 0.150. The molecule has 0 fully saturated rings. The second-order valence-electron chi connectivity index (χ2n) is 3.84. The van der Waals surface area contributed by atoms with Gasteiger partial charge in [0.05, 0.1) is 6.61 Å². The smallest absolute Gasteiger partial charge is 0.305 e. The van der Waals surface area contributed by atoms with E-state index < -0.39 is 0 Å². The third kappa shape index (κ3) is 8.80. The summed E-state index contributed by atoms with van der Waals surface area (Å²) in [7, 11) is 0. The van der Waals surface area contributed by atoms with Gasteiger partial charge in [-0.15, -0.1) is 0 Å². The monoisotopic (exact) mass is 352 g/mol. The Morgan fingerprint density at radius 2 is 1.67 bits per heavy atom. The number of ether oxygens (including phenoxy) is 1. The first-order chi connectivity index (χ1) is 10.2. The average Bonchev–Trinajstić information content (AvgIpc) is 2.50. The van der Waals surface area contributed by atoms with Crippen molar-refractivity contribution in [2.24, 2.45) is 0 Å². The fourth-order valence-electron chi connectivity index (χ4n) is 1.36. The van der Waals surface area contributed by atoms with Crippen LogP contribution in [0.15, 0.2) is 41.7 Å². The summed E-state index contributed by atoms with van der Waals surface area (Å²) in [6.45, 7) is 2.25. The number of rotatable bonds is 5. The summed E-state index contributed by atoms with van der Waals surface area (Å²) >= 11 is 3.09. The van der Waals surface area contributed by atoms with E-state index in [1.54, 1.807) is 43.8 Å². The third-order valence-corrected chi connectivity index (χ3v) is 2.65. The number of hydrogen-bond acceptors (Lipinski definition) is 6. The van der Waals surface area contributed by atoms with E-state index in [9.17, 15) is 4.79 Å². The second kappa shape index (κ2) is 10.8. The molecule has 0 N–H and O–H groups in total. The van der Waals surface area contributed by atoms with E-state index in [4.69, 9.17) is 4.74 Å². The molecule has 7 heteroatoms. The Bertz CT molecular complexity index is 511. The molecule has 0 radical (unpaired) electrons. The highest BCUT2D eigenvalue weighted by molar-refractivity contribution is 9.10. The maximum Gasteiger partial charge on any atom is 0.305 e. The Morgan fingerprint density at radius 3 is 2.14 bits per heavy atom. The van der Waals surface area contributed by atoms with E-state index in [0.717, 1.165) is 18.7 Å². The van der Waals surface area contributed by atoms with Crippen LogP contribution in [0.1, 0.15) is 25.6 Å². The zero-order valence-corrected chi connectivity index (χ0v) is 13.4. The van der Waals surface area contributed by atoms with Gasteiger partial charge in [-0.05, 0) is 41.4 Å². The number of hydrogen-bond donors (Lipinski definition) is 0. The Balaban J connectivity index is 0.000000262. The van der Waals surface area contributed by atoms with Gasteiger partial charge in [-0.25, -0.2) is 19.9 Å². The van der Waals surface area contributed by atoms with Crippen LogP contribution in [-0.2, 0) is 16.0 Å². The summed E-state index contributed by atoms with van der Waals surface area (Å²) < 4.78 is 5.43. The lowest BCUT2D eigenvalue weighted by atomic mass is 10.2. The fraction of sp³-hybridized carbons (Fsp3) is 0.357. The molecule has 0 saturated carbocycles. The minimum atomic E-state index is -0.150. The van der Waals surface area contributed by atoms with Crippen molar-refractivity contribution < 1.29 is 9.53 Å². The van der Waals surface area contributed by atoms with Gasteiger partial charge in [-0.2, -0.15) is 0 Å². The van der Waals surface area contributed by atoms with Gasteiger partial charge in [0.15, 0.2) is 4.73 Å². The molecule has 0 aliphatic rings. The van der Waals surface area contributed by atoms with Crippen molar-refractivity contribution in [1.82, 2.24) is 19.9 Å². The first kappa shape index (κ1) is 17.2. The Hall–Kier alpha value is -1.89. The molecule has 0 bridgehead atoms. The minimum Gasteiger partial charge on any atom is -0.466 e. The lowest BCUT2D eigenvalue weighted by molar-refractivity contribution is -0.143. The van der Waals surface area contributed by atoms with E-state index in [-0.39, 0.29) is 5.97 Å². The molecule has 112 valence electrons. The van der Waals surface area contributed by atoms with Crippen LogP contribution in [0.2, 0.25) is 0 Å². The molecule has 0 spiro atoms. The molecule has 2 aromatic heterocycles. The number of carbonyl (C=O) groups excluding carboxylic acids is 1. The number of aryl methyl sites for hydroxylation is 1. The van der Waals surface area contributed by atoms with E-state index >= 15 is 0 Å². The van der Waals surface area contributed by atoms with Gasteiger partial charge < -0.3 is 4.74 Å². The molecule has 21 heavy (non-hydrogen) atoms. The predicted octanol–water partition coefficient (Wildman–Crippen LogP) is 2.60. The lowest BCUT2D eigenvalue weighted by Gasteiger charge is -2.00. The van der Waals surface area contributed by atoms with Crippen LogP contribution in [0.5, 0.6) is 0 Å². The quantitative estimate of drug-likeness (QED) is 0.607. The average molecular weight is 353 g/mol. The SMILES string of the molecule is Brc1ncccn1.CCOC(=O)CCCc1ncccn1. The number of nitrogens with zero attached hydrogens (tertiary/aromatic N) is 4. The first-order valence-corrected chi connectivity index (χ1v) is 7.35. The van der Waals surface area contributed by atoms with Crippen molar-refractivity contribution in [3.8, 4) is 0 Å². The van der Waals surface area contributed by atoms with Crippen molar-refractivity contribution in [3.05, 3.63) is 47.5 Å². The summed E-state index contributed by atoms with van der Waals surface area (Å²) in [5.74, 6) is 0.625. The zero-order chi connectivity index (χ0) is 15.3. The largest absolute Gasteiger partial charge is 0.466 e. The maximum atomic E-state index is 11.0. The summed E-state index contributed by atoms with van der Waals surface area (Å²) in [4.78, 5) is 26.7. The molecular formula is C14H17BrN4O2. The molecule has 2 rings (SSSR count). The maximum absolute atomic E-state index is 11.0. The van der Waals surface area contributed by atoms with E-state index in [1.807, 2.05) is 0 Å². The van der Waals surface area contributed by atoms with Gasteiger partial charge in [0.25, 0.3) is 0 Å². The molecule has 0 aliphatic carbocycles. The molecular weight excluding hydrogens is 336 g/mol. The van der Waals surface area contributed by atoms with Crippen LogP contribution in [0.3, 0.4) is 0 Å². The summed E-state index contributed by atoms with van der Waals surface area (Å²) in [5.41, 5.74) is 0. The number of halogens is 1. The standard InChI is InChI=1S/C10H14N2O2.C4H3BrN2/c1-2-14-10(13)6-3-5-9-11-7-4-8-12-9;5-4-6-2-1-3-7-4/h4,7-8H,2-3,5-6H2,1H3;1-3H. The highest BCUT2D eigenvalue weighted by Crippen LogP contribution is 1.99. The highest BCUT2D eigenvalue weighted by Gasteiger charge is 2.02. The molecule has 0 saturated heterocycles. The van der Waals surface area contributed by atoms with Crippen LogP contribution in [0, 0.1) is 0 Å². The van der Waals surface area contributed by atoms with Crippen molar-refractivity contribution in [3.63, 3.8) is 0 Å². The third-order valence-electron chi connectivity index (χ3n) is 2.24. The predicted molar refractivity (Wildman–Crippen MR) is 81.3 cm³/mol. The number of carbonyl (C=O) groups is 1. The molecule has 6 nitrogen and oxygen atoms in total. The number of aromatic nitrogens is 4. The Labute approximate surface area is 132 Å². The normalized spacial score (nSPS) is 9.43. The lowest BCUT2D eigenvalue weighted by Crippen LogP contribution is -2.04. The Morgan fingerprint density at radius 1 is 1.10 bits per heavy atom. The van der Waals surface area contributed by atoms with E-state index in [2.05, 4.69) is 35.9 Å². The number of esters is 1. The van der Waals surface area contributed by atoms with Crippen molar-refractivity contribution in [2.45, 2.75) is 26.2 Å². The molecule has 0 atom stereocenters. The van der Waals surface area contributed by atoms with Crippen LogP contribution < -0.4 is 0 Å². The van der Waals surface area contributed by atoms with E-state index in [0.29, 0.717) is 17.8 Å². The van der Waals surface area contributed by atoms with E-state index in [1.165, 1.54) is 0 Å². The summed E-state index contributed by atoms with van der Waals surface area (Å²) in [6.07, 6.45) is 8.65. The van der Waals surface area contributed by atoms with Gasteiger partial charge in [-0.1, -0.05) is 0 Å². The molecule has 2 heterocycles. The van der Waals surface area contributed by atoms with Gasteiger partial charge in [0, 0.05) is 37.6 Å². The molecule has 0 amide bonds. The van der Waals surface area contributed by atoms with Crippen LogP contribution in [0.4, 0.5) is 0 Å². The molecule has 0 unspecified atom stereocenters. The van der Waals surface area contributed by atoms with Crippen molar-refractivity contribution in [2.75, 3.05) is 6.61 Å².